The Morgan fingerprint density at radius 3 is 2.33 bits per heavy atom. The van der Waals surface area contributed by atoms with Crippen LogP contribution in [-0.4, -0.2) is 44.2 Å². The van der Waals surface area contributed by atoms with E-state index >= 15 is 0 Å². The Bertz CT molecular complexity index is 153. The van der Waals surface area contributed by atoms with Crippen molar-refractivity contribution in [1.82, 2.24) is 0 Å². The molecule has 0 heterocycles. The van der Waals surface area contributed by atoms with Crippen LogP contribution in [0.4, 0.5) is 0 Å². The Morgan fingerprint density at radius 1 is 1.58 bits per heavy atom. The highest BCUT2D eigenvalue weighted by Crippen LogP contribution is 2.01. The largest absolute Gasteiger partial charge is 0.550 e. The number of aliphatic carboxylic acids is 1. The monoisotopic (exact) mass is 176 g/mol. The summed E-state index contributed by atoms with van der Waals surface area (Å²) in [6.07, 6.45) is -0.638. The topological polar surface area (TPSA) is 75.4 Å². The number of carboxylic acid groups (broad SMARTS) is 1. The molecule has 5 heteroatoms. The average molecular weight is 176 g/mol. The first kappa shape index (κ1) is 11.4. The summed E-state index contributed by atoms with van der Waals surface area (Å²) in [5, 5.41) is 10.2. The van der Waals surface area contributed by atoms with Gasteiger partial charge in [-0.15, -0.1) is 0 Å². The highest BCUT2D eigenvalue weighted by molar-refractivity contribution is 5.64. The third kappa shape index (κ3) is 6.09. The highest BCUT2D eigenvalue weighted by Gasteiger charge is 2.18. The van der Waals surface area contributed by atoms with Crippen molar-refractivity contribution in [2.45, 2.75) is 12.5 Å². The summed E-state index contributed by atoms with van der Waals surface area (Å²) >= 11 is 0. The van der Waals surface area contributed by atoms with Crippen molar-refractivity contribution in [3.05, 3.63) is 0 Å². The number of hydrogen-bond acceptors (Lipinski definition) is 4. The molecule has 1 atom stereocenters. The van der Waals surface area contributed by atoms with Crippen molar-refractivity contribution < 1.29 is 19.2 Å². The number of carboxylic acids is 1. The van der Waals surface area contributed by atoms with Gasteiger partial charge < -0.3 is 14.4 Å². The number of quaternary nitrogens is 1. The Hall–Kier alpha value is -0.650. The molecule has 0 aromatic heterocycles. The maximum absolute atomic E-state index is 10.2. The molecule has 2 N–H and O–H groups in total. The van der Waals surface area contributed by atoms with Gasteiger partial charge in [-0.3, -0.25) is 4.84 Å². The predicted molar refractivity (Wildman–Crippen MR) is 41.6 cm³/mol. The van der Waals surface area contributed by atoms with Gasteiger partial charge in [-0.1, -0.05) is 0 Å². The number of rotatable bonds is 5. The van der Waals surface area contributed by atoms with E-state index in [1.807, 2.05) is 21.1 Å². The van der Waals surface area contributed by atoms with E-state index in [4.69, 9.17) is 5.90 Å². The van der Waals surface area contributed by atoms with Gasteiger partial charge in [0.2, 0.25) is 0 Å². The lowest BCUT2D eigenvalue weighted by atomic mass is 10.2. The van der Waals surface area contributed by atoms with E-state index < -0.39 is 12.1 Å². The molecule has 0 spiro atoms. The number of hydrogen-bond donors (Lipinski definition) is 1. The quantitative estimate of drug-likeness (QED) is 0.392. The van der Waals surface area contributed by atoms with Crippen LogP contribution in [-0.2, 0) is 9.63 Å². The second kappa shape index (κ2) is 4.39. The number of likely N-dealkylation sites (N-methyl/N-ethyl adjacent to an activating group) is 1. The van der Waals surface area contributed by atoms with Crippen LogP contribution < -0.4 is 11.0 Å². The van der Waals surface area contributed by atoms with Crippen molar-refractivity contribution in [3.63, 3.8) is 0 Å². The fourth-order valence-electron chi connectivity index (χ4n) is 0.952. The molecule has 0 aliphatic heterocycles. The molecule has 0 bridgehead atoms. The zero-order valence-electron chi connectivity index (χ0n) is 7.74. The fourth-order valence-corrected chi connectivity index (χ4v) is 0.952. The Kier molecular flexibility index (Phi) is 4.16. The zero-order chi connectivity index (χ0) is 9.78. The lowest BCUT2D eigenvalue weighted by molar-refractivity contribution is -0.873. The van der Waals surface area contributed by atoms with Gasteiger partial charge in [0.25, 0.3) is 0 Å². The normalized spacial score (nSPS) is 14.3. The number of carbonyl (C=O) groups is 1. The summed E-state index contributed by atoms with van der Waals surface area (Å²) in [4.78, 5) is 14.7. The van der Waals surface area contributed by atoms with Gasteiger partial charge >= 0.3 is 0 Å². The molecule has 0 rings (SSSR count). The second-order valence-corrected chi connectivity index (χ2v) is 3.81. The third-order valence-corrected chi connectivity index (χ3v) is 1.34. The van der Waals surface area contributed by atoms with Crippen LogP contribution in [0.3, 0.4) is 0 Å². The summed E-state index contributed by atoms with van der Waals surface area (Å²) in [7, 11) is 5.80. The van der Waals surface area contributed by atoms with Gasteiger partial charge in [0.05, 0.1) is 21.1 Å². The minimum absolute atomic E-state index is 0.161. The van der Waals surface area contributed by atoms with Gasteiger partial charge in [-0.05, 0) is 0 Å². The summed E-state index contributed by atoms with van der Waals surface area (Å²) in [5.74, 6) is 3.79. The molecule has 0 saturated heterocycles. The van der Waals surface area contributed by atoms with Crippen molar-refractivity contribution in [2.24, 2.45) is 5.90 Å². The van der Waals surface area contributed by atoms with Crippen molar-refractivity contribution in [3.8, 4) is 0 Å². The van der Waals surface area contributed by atoms with Crippen LogP contribution >= 0.6 is 0 Å². The van der Waals surface area contributed by atoms with E-state index in [1.165, 1.54) is 0 Å². The molecular formula is C7H16N2O3. The first-order chi connectivity index (χ1) is 5.35. The molecule has 0 amide bonds. The Morgan fingerprint density at radius 2 is 2.08 bits per heavy atom. The zero-order valence-corrected chi connectivity index (χ0v) is 7.74. The maximum atomic E-state index is 10.2. The third-order valence-electron chi connectivity index (χ3n) is 1.34. The molecule has 0 aliphatic rings. The van der Waals surface area contributed by atoms with Gasteiger partial charge in [0, 0.05) is 12.4 Å². The Balaban J connectivity index is 3.92. The lowest BCUT2D eigenvalue weighted by Crippen LogP contribution is -2.45. The van der Waals surface area contributed by atoms with Gasteiger partial charge in [0.1, 0.15) is 12.6 Å². The molecule has 0 aromatic rings. The molecule has 0 unspecified atom stereocenters. The van der Waals surface area contributed by atoms with E-state index in [9.17, 15) is 9.90 Å². The fraction of sp³-hybridized carbons (Fsp3) is 0.857. The Labute approximate surface area is 72.3 Å². The van der Waals surface area contributed by atoms with Crippen LogP contribution in [0.25, 0.3) is 0 Å². The van der Waals surface area contributed by atoms with E-state index in [2.05, 4.69) is 4.84 Å². The maximum Gasteiger partial charge on any atom is 0.133 e. The van der Waals surface area contributed by atoms with E-state index in [0.717, 1.165) is 0 Å². The van der Waals surface area contributed by atoms with Crippen LogP contribution in [0.2, 0.25) is 0 Å². The van der Waals surface area contributed by atoms with E-state index in [1.54, 1.807) is 0 Å². The van der Waals surface area contributed by atoms with Gasteiger partial charge in [-0.2, -0.15) is 0 Å². The smallest absolute Gasteiger partial charge is 0.133 e. The van der Waals surface area contributed by atoms with Crippen LogP contribution in [0.15, 0.2) is 0 Å². The lowest BCUT2D eigenvalue weighted by Gasteiger charge is -2.28. The molecule has 5 nitrogen and oxygen atoms in total. The summed E-state index contributed by atoms with van der Waals surface area (Å²) in [6.45, 7) is 0.546. The number of carbonyl (C=O) groups excluding carboxylic acids is 1. The minimum atomic E-state index is -1.14. The molecule has 0 aromatic carbocycles. The molecule has 12 heavy (non-hydrogen) atoms. The first-order valence-electron chi connectivity index (χ1n) is 3.71. The van der Waals surface area contributed by atoms with E-state index in [-0.39, 0.29) is 6.42 Å². The van der Waals surface area contributed by atoms with Gasteiger partial charge in [0.15, 0.2) is 0 Å². The van der Waals surface area contributed by atoms with Gasteiger partial charge in [-0.25, -0.2) is 5.90 Å². The standard InChI is InChI=1S/C7H16N2O3/c1-9(2,3)5-6(12-8)4-7(10)11/h6H,4-5,8H2,1-3H3/t6-/m1/s1. The molecule has 0 aliphatic carbocycles. The molecule has 0 radical (unpaired) electrons. The predicted octanol–water partition coefficient (Wildman–Crippen LogP) is -1.91. The molecule has 0 fully saturated rings. The van der Waals surface area contributed by atoms with E-state index in [0.29, 0.717) is 11.0 Å². The summed E-state index contributed by atoms with van der Waals surface area (Å²) in [5.41, 5.74) is 0. The summed E-state index contributed by atoms with van der Waals surface area (Å²) < 4.78 is 0.606. The first-order valence-corrected chi connectivity index (χ1v) is 3.71. The average Bonchev–Trinajstić information content (AvgIpc) is 1.82. The van der Waals surface area contributed by atoms with Crippen LogP contribution in [0.1, 0.15) is 6.42 Å². The SMILES string of the molecule is C[N+](C)(C)C[C@@H](CC(=O)[O-])ON. The summed E-state index contributed by atoms with van der Waals surface area (Å²) in [6, 6.07) is 0. The molecule has 72 valence electrons. The number of nitrogens with two attached hydrogens (primary N) is 1. The highest BCUT2D eigenvalue weighted by atomic mass is 16.6. The van der Waals surface area contributed by atoms with Crippen molar-refractivity contribution >= 4 is 5.97 Å². The molecule has 0 saturated carbocycles. The van der Waals surface area contributed by atoms with Crippen molar-refractivity contribution in [2.75, 3.05) is 27.7 Å². The van der Waals surface area contributed by atoms with Crippen LogP contribution in [0.5, 0.6) is 0 Å². The second-order valence-electron chi connectivity index (χ2n) is 3.81. The molecular weight excluding hydrogens is 160 g/mol. The number of nitrogens with zero attached hydrogens (tertiary/aromatic N) is 1. The van der Waals surface area contributed by atoms with Crippen molar-refractivity contribution in [1.29, 1.82) is 0 Å². The minimum Gasteiger partial charge on any atom is -0.550 e. The van der Waals surface area contributed by atoms with Crippen LogP contribution in [0, 0.1) is 0 Å².